The predicted octanol–water partition coefficient (Wildman–Crippen LogP) is 11.4. The average Bonchev–Trinajstić information content (AvgIpc) is 3.62. The molecule has 0 radical (unpaired) electrons. The van der Waals surface area contributed by atoms with Gasteiger partial charge in [-0.2, -0.15) is 0 Å². The summed E-state index contributed by atoms with van der Waals surface area (Å²) in [6, 6.07) is 56.3. The van der Waals surface area contributed by atoms with Crippen molar-refractivity contribution >= 4 is 21.9 Å². The van der Waals surface area contributed by atoms with Gasteiger partial charge in [0, 0.05) is 21.9 Å². The van der Waals surface area contributed by atoms with Gasteiger partial charge in [0.25, 0.3) is 0 Å². The monoisotopic (exact) mass is 574 g/mol. The van der Waals surface area contributed by atoms with Crippen molar-refractivity contribution in [1.82, 2.24) is 0 Å². The summed E-state index contributed by atoms with van der Waals surface area (Å²) in [7, 11) is 0. The molecule has 0 atom stereocenters. The summed E-state index contributed by atoms with van der Waals surface area (Å²) in [6.45, 7) is 0. The molecule has 45 heavy (non-hydrogen) atoms. The number of hydrogen-bond donors (Lipinski definition) is 0. The van der Waals surface area contributed by atoms with Crippen molar-refractivity contribution in [2.45, 2.75) is 5.41 Å². The van der Waals surface area contributed by atoms with Crippen molar-refractivity contribution in [3.63, 3.8) is 0 Å². The zero-order chi connectivity index (χ0) is 29.5. The Labute approximate surface area is 260 Å². The zero-order valence-corrected chi connectivity index (χ0v) is 24.3. The maximum absolute atomic E-state index is 6.72. The first-order valence-corrected chi connectivity index (χ1v) is 15.4. The van der Waals surface area contributed by atoms with E-state index in [0.29, 0.717) is 0 Å². The minimum atomic E-state index is -0.449. The Balaban J connectivity index is 1.14. The third-order valence-electron chi connectivity index (χ3n) is 9.76. The topological polar surface area (TPSA) is 22.4 Å². The van der Waals surface area contributed by atoms with Gasteiger partial charge in [-0.25, -0.2) is 0 Å². The smallest absolute Gasteiger partial charge is 0.136 e. The Morgan fingerprint density at radius 2 is 0.867 bits per heavy atom. The fourth-order valence-corrected chi connectivity index (χ4v) is 7.81. The van der Waals surface area contributed by atoms with E-state index < -0.39 is 5.41 Å². The molecule has 0 amide bonds. The van der Waals surface area contributed by atoms with Crippen LogP contribution in [0.15, 0.2) is 162 Å². The van der Waals surface area contributed by atoms with E-state index in [1.807, 2.05) is 6.07 Å². The van der Waals surface area contributed by atoms with Gasteiger partial charge in [-0.15, -0.1) is 0 Å². The normalized spacial score (nSPS) is 13.7. The van der Waals surface area contributed by atoms with Crippen molar-refractivity contribution in [1.29, 1.82) is 0 Å². The van der Waals surface area contributed by atoms with E-state index in [2.05, 4.69) is 152 Å². The molecule has 2 aliphatic rings. The van der Waals surface area contributed by atoms with E-state index in [-0.39, 0.29) is 0 Å². The lowest BCUT2D eigenvalue weighted by atomic mass is 9.66. The molecule has 0 saturated carbocycles. The number of ether oxygens (including phenoxy) is 1. The molecule has 7 aromatic carbocycles. The maximum atomic E-state index is 6.72. The van der Waals surface area contributed by atoms with E-state index in [1.54, 1.807) is 0 Å². The van der Waals surface area contributed by atoms with Gasteiger partial charge in [-0.1, -0.05) is 121 Å². The van der Waals surface area contributed by atoms with Crippen LogP contribution in [0.1, 0.15) is 22.3 Å². The molecule has 1 aromatic heterocycles. The van der Waals surface area contributed by atoms with Gasteiger partial charge in [-0.05, 0) is 80.9 Å². The third-order valence-corrected chi connectivity index (χ3v) is 9.76. The number of hydrogen-bond acceptors (Lipinski definition) is 2. The highest BCUT2D eigenvalue weighted by atomic mass is 16.5. The van der Waals surface area contributed by atoms with Crippen molar-refractivity contribution in [2.75, 3.05) is 0 Å². The fourth-order valence-electron chi connectivity index (χ4n) is 7.81. The molecule has 1 spiro atoms. The molecule has 8 aromatic rings. The lowest BCUT2D eigenvalue weighted by molar-refractivity contribution is 0.436. The summed E-state index contributed by atoms with van der Waals surface area (Å²) in [6.07, 6.45) is 0. The molecule has 2 nitrogen and oxygen atoms in total. The Hall–Kier alpha value is -5.86. The Bertz CT molecular complexity index is 2420. The molecule has 1 aliphatic carbocycles. The van der Waals surface area contributed by atoms with Crippen LogP contribution in [0, 0.1) is 0 Å². The van der Waals surface area contributed by atoms with Crippen LogP contribution in [0.4, 0.5) is 0 Å². The van der Waals surface area contributed by atoms with Gasteiger partial charge in [0.2, 0.25) is 0 Å². The van der Waals surface area contributed by atoms with Crippen LogP contribution < -0.4 is 4.74 Å². The zero-order valence-electron chi connectivity index (χ0n) is 24.3. The van der Waals surface area contributed by atoms with Gasteiger partial charge in [-0.3, -0.25) is 0 Å². The minimum Gasteiger partial charge on any atom is -0.457 e. The predicted molar refractivity (Wildman–Crippen MR) is 182 cm³/mol. The first kappa shape index (κ1) is 24.6. The van der Waals surface area contributed by atoms with Gasteiger partial charge in [0.1, 0.15) is 22.7 Å². The molecular weight excluding hydrogens is 548 g/mol. The molecule has 0 unspecified atom stereocenters. The Morgan fingerprint density at radius 1 is 0.356 bits per heavy atom. The largest absolute Gasteiger partial charge is 0.457 e. The van der Waals surface area contributed by atoms with Crippen LogP contribution in [0.5, 0.6) is 11.5 Å². The third kappa shape index (κ3) is 3.34. The number of fused-ring (bicyclic) bond motifs is 12. The molecule has 210 valence electrons. The molecule has 2 heteroatoms. The summed E-state index contributed by atoms with van der Waals surface area (Å²) in [4.78, 5) is 0. The van der Waals surface area contributed by atoms with E-state index in [4.69, 9.17) is 9.15 Å². The van der Waals surface area contributed by atoms with Crippen LogP contribution in [0.3, 0.4) is 0 Å². The fraction of sp³-hybridized carbons (Fsp3) is 0.0233. The van der Waals surface area contributed by atoms with Crippen molar-refractivity contribution in [3.05, 3.63) is 180 Å². The molecular formula is C43H26O2. The van der Waals surface area contributed by atoms with Gasteiger partial charge < -0.3 is 9.15 Å². The number of furan rings is 1. The molecule has 0 saturated heterocycles. The first-order valence-electron chi connectivity index (χ1n) is 15.4. The molecule has 0 fully saturated rings. The molecule has 0 bridgehead atoms. The van der Waals surface area contributed by atoms with Gasteiger partial charge in [0.15, 0.2) is 0 Å². The second kappa shape index (κ2) is 9.07. The Kier molecular flexibility index (Phi) is 4.95. The van der Waals surface area contributed by atoms with E-state index in [9.17, 15) is 0 Å². The molecule has 1 aliphatic heterocycles. The maximum Gasteiger partial charge on any atom is 0.136 e. The van der Waals surface area contributed by atoms with Crippen LogP contribution >= 0.6 is 0 Å². The summed E-state index contributed by atoms with van der Waals surface area (Å²) < 4.78 is 13.2. The summed E-state index contributed by atoms with van der Waals surface area (Å²) >= 11 is 0. The summed E-state index contributed by atoms with van der Waals surface area (Å²) in [5.74, 6) is 1.78. The number of rotatable bonds is 2. The quantitative estimate of drug-likeness (QED) is 0.205. The van der Waals surface area contributed by atoms with Crippen LogP contribution in [-0.2, 0) is 5.41 Å². The van der Waals surface area contributed by atoms with Crippen LogP contribution in [0.2, 0.25) is 0 Å². The van der Waals surface area contributed by atoms with Crippen LogP contribution in [-0.4, -0.2) is 0 Å². The highest BCUT2D eigenvalue weighted by Gasteiger charge is 2.50. The van der Waals surface area contributed by atoms with Gasteiger partial charge in [0.05, 0.1) is 5.41 Å². The molecule has 0 N–H and O–H groups in total. The van der Waals surface area contributed by atoms with E-state index >= 15 is 0 Å². The van der Waals surface area contributed by atoms with Gasteiger partial charge >= 0.3 is 0 Å². The van der Waals surface area contributed by atoms with E-state index in [1.165, 1.54) is 38.9 Å². The lowest BCUT2D eigenvalue weighted by Gasteiger charge is -2.39. The second-order valence-corrected chi connectivity index (χ2v) is 12.0. The highest BCUT2D eigenvalue weighted by Crippen LogP contribution is 2.62. The minimum absolute atomic E-state index is 0.449. The van der Waals surface area contributed by atoms with Crippen LogP contribution in [0.25, 0.3) is 55.3 Å². The molecule has 10 rings (SSSR count). The standard InChI is InChI=1S/C43H26O2/c1-2-10-27(11-3-1)28-18-21-33-34-22-19-29(25-41(34)45-40(33)24-28)30-20-23-38-42(26-30)44-39-17-9-8-16-37(39)43(38)35-14-6-4-12-31(35)32-13-5-7-15-36(32)43/h1-26H. The number of benzene rings is 7. The lowest BCUT2D eigenvalue weighted by Crippen LogP contribution is -2.32. The van der Waals surface area contributed by atoms with Crippen molar-refractivity contribution in [2.24, 2.45) is 0 Å². The SMILES string of the molecule is c1ccc(-c2ccc3c(c2)oc2cc(-c4ccc5c(c4)Oc4ccccc4C54c5ccccc5-c5ccccc54)ccc23)cc1. The Morgan fingerprint density at radius 3 is 1.56 bits per heavy atom. The van der Waals surface area contributed by atoms with Crippen molar-refractivity contribution in [3.8, 4) is 44.9 Å². The summed E-state index contributed by atoms with van der Waals surface area (Å²) in [5.41, 5.74) is 13.4. The van der Waals surface area contributed by atoms with Crippen molar-refractivity contribution < 1.29 is 9.15 Å². The molecule has 2 heterocycles. The first-order chi connectivity index (χ1) is 22.3. The highest BCUT2D eigenvalue weighted by molar-refractivity contribution is 6.07. The average molecular weight is 575 g/mol. The second-order valence-electron chi connectivity index (χ2n) is 12.0. The number of para-hydroxylation sites is 1. The summed E-state index contributed by atoms with van der Waals surface area (Å²) in [5, 5.41) is 2.25. The van der Waals surface area contributed by atoms with E-state index in [0.717, 1.165) is 50.1 Å².